The van der Waals surface area contributed by atoms with E-state index in [2.05, 4.69) is 33.3 Å². The van der Waals surface area contributed by atoms with Crippen molar-refractivity contribution in [1.82, 2.24) is 0 Å². The Kier molecular flexibility index (Phi) is 10.4. The fourth-order valence-electron chi connectivity index (χ4n) is 1.30. The topological polar surface area (TPSA) is 157 Å². The Hall–Kier alpha value is -2.26. The van der Waals surface area contributed by atoms with Crippen LogP contribution < -0.4 is 0 Å². The van der Waals surface area contributed by atoms with Gasteiger partial charge in [-0.05, 0) is 0 Å². The van der Waals surface area contributed by atoms with E-state index in [1.807, 2.05) is 0 Å². The highest BCUT2D eigenvalue weighted by atomic mass is 31.2. The molecule has 0 aliphatic rings. The molecule has 0 aromatic carbocycles. The van der Waals surface area contributed by atoms with Gasteiger partial charge in [0.05, 0.1) is 37.6 Å². The predicted molar refractivity (Wildman–Crippen MR) is 88.3 cm³/mol. The van der Waals surface area contributed by atoms with E-state index in [-0.39, 0.29) is 0 Å². The van der Waals surface area contributed by atoms with Gasteiger partial charge in [0, 0.05) is 0 Å². The summed E-state index contributed by atoms with van der Waals surface area (Å²) in [6, 6.07) is 0. The molecule has 26 heavy (non-hydrogen) atoms. The van der Waals surface area contributed by atoms with Crippen molar-refractivity contribution in [2.75, 3.05) is 0 Å². The molecule has 3 atom stereocenters. The number of carbonyl (C=O) groups excluding carboxylic acids is 3. The van der Waals surface area contributed by atoms with Gasteiger partial charge in [0.1, 0.15) is 0 Å². The van der Waals surface area contributed by atoms with Crippen molar-refractivity contribution in [1.29, 1.82) is 0 Å². The Morgan fingerprint density at radius 1 is 0.731 bits per heavy atom. The van der Waals surface area contributed by atoms with Crippen LogP contribution in [0.1, 0.15) is 19.3 Å². The summed E-state index contributed by atoms with van der Waals surface area (Å²) < 4.78 is 25.6. The van der Waals surface area contributed by atoms with E-state index >= 15 is 0 Å². The fourth-order valence-corrected chi connectivity index (χ4v) is 2.39. The van der Waals surface area contributed by atoms with Crippen molar-refractivity contribution in [3.63, 3.8) is 0 Å². The Morgan fingerprint density at radius 2 is 0.962 bits per heavy atom. The van der Waals surface area contributed by atoms with Crippen molar-refractivity contribution < 1.29 is 47.8 Å². The summed E-state index contributed by atoms with van der Waals surface area (Å²) >= 11 is 0. The fraction of sp³-hybridized carbons (Fsp3) is 0.400. The standard InChI is InChI=1S/C15H21O10P/c1-4-10(16)7-13(19)23-26(22,24-14(20)8-11(17)5-2)25-15(21)9-12(18)6-3/h4-6,10-12,16-18H,1-3,7-9H2. The Morgan fingerprint density at radius 3 is 1.15 bits per heavy atom. The first-order valence-electron chi connectivity index (χ1n) is 7.24. The van der Waals surface area contributed by atoms with Crippen LogP contribution in [0.25, 0.3) is 0 Å². The molecular weight excluding hydrogens is 371 g/mol. The van der Waals surface area contributed by atoms with Gasteiger partial charge < -0.3 is 28.9 Å². The average molecular weight is 392 g/mol. The smallest absolute Gasteiger partial charge is 0.388 e. The molecule has 3 N–H and O–H groups in total. The average Bonchev–Trinajstić information content (AvgIpc) is 2.52. The van der Waals surface area contributed by atoms with E-state index in [1.54, 1.807) is 0 Å². The lowest BCUT2D eigenvalue weighted by Crippen LogP contribution is -2.20. The van der Waals surface area contributed by atoms with Crippen LogP contribution in [0.2, 0.25) is 0 Å². The molecule has 0 saturated carbocycles. The Bertz CT molecular complexity index is 518. The number of hydrogen-bond donors (Lipinski definition) is 3. The lowest BCUT2D eigenvalue weighted by Gasteiger charge is -2.17. The molecule has 0 radical (unpaired) electrons. The maximum absolute atomic E-state index is 12.4. The summed E-state index contributed by atoms with van der Waals surface area (Å²) in [7, 11) is -5.07. The van der Waals surface area contributed by atoms with Crippen LogP contribution in [0.5, 0.6) is 0 Å². The van der Waals surface area contributed by atoms with E-state index in [9.17, 15) is 34.3 Å². The molecule has 0 aliphatic carbocycles. The predicted octanol–water partition coefficient (Wildman–Crippen LogP) is 0.535. The SMILES string of the molecule is C=CC(O)CC(=O)OP(=O)(OC(=O)CC(O)C=C)OC(=O)CC(O)C=C. The molecule has 0 fully saturated rings. The number of phosphoric acid groups is 1. The molecule has 0 heterocycles. The minimum Gasteiger partial charge on any atom is -0.388 e. The highest BCUT2D eigenvalue weighted by Crippen LogP contribution is 2.50. The van der Waals surface area contributed by atoms with E-state index in [0.29, 0.717) is 0 Å². The molecule has 0 aromatic heterocycles. The van der Waals surface area contributed by atoms with Gasteiger partial charge >= 0.3 is 25.7 Å². The van der Waals surface area contributed by atoms with Gasteiger partial charge in [0.2, 0.25) is 0 Å². The van der Waals surface area contributed by atoms with E-state index in [0.717, 1.165) is 18.2 Å². The first-order valence-corrected chi connectivity index (χ1v) is 8.70. The molecule has 0 aromatic rings. The van der Waals surface area contributed by atoms with Gasteiger partial charge in [-0.2, -0.15) is 4.57 Å². The Labute approximate surface area is 150 Å². The molecular formula is C15H21O10P. The van der Waals surface area contributed by atoms with Gasteiger partial charge in [-0.25, -0.2) is 0 Å². The van der Waals surface area contributed by atoms with E-state index in [1.165, 1.54) is 0 Å². The first kappa shape index (κ1) is 23.7. The zero-order valence-electron chi connectivity index (χ0n) is 13.9. The van der Waals surface area contributed by atoms with Crippen LogP contribution in [0.15, 0.2) is 38.0 Å². The number of aliphatic hydroxyl groups is 3. The van der Waals surface area contributed by atoms with Gasteiger partial charge in [0.15, 0.2) is 0 Å². The maximum atomic E-state index is 12.4. The number of aliphatic hydroxyl groups excluding tert-OH is 3. The number of phosphoric ester groups is 1. The molecule has 0 bridgehead atoms. The van der Waals surface area contributed by atoms with E-state index in [4.69, 9.17) is 0 Å². The summed E-state index contributed by atoms with van der Waals surface area (Å²) in [4.78, 5) is 34.9. The van der Waals surface area contributed by atoms with Crippen LogP contribution in [-0.4, -0.2) is 51.5 Å². The van der Waals surface area contributed by atoms with Gasteiger partial charge in [-0.3, -0.25) is 14.4 Å². The van der Waals surface area contributed by atoms with Crippen molar-refractivity contribution in [3.05, 3.63) is 38.0 Å². The zero-order valence-corrected chi connectivity index (χ0v) is 14.7. The lowest BCUT2D eigenvalue weighted by molar-refractivity contribution is -0.146. The molecule has 0 aliphatic heterocycles. The van der Waals surface area contributed by atoms with Crippen molar-refractivity contribution in [3.8, 4) is 0 Å². The zero-order chi connectivity index (χ0) is 20.3. The summed E-state index contributed by atoms with van der Waals surface area (Å²) in [6.07, 6.45) is -3.15. The largest absolute Gasteiger partial charge is 0.653 e. The van der Waals surface area contributed by atoms with Gasteiger partial charge in [-0.1, -0.05) is 18.2 Å². The van der Waals surface area contributed by atoms with Gasteiger partial charge in [-0.15, -0.1) is 19.7 Å². The third-order valence-corrected chi connectivity index (χ3v) is 3.87. The summed E-state index contributed by atoms with van der Waals surface area (Å²) in [5.41, 5.74) is 0. The normalized spacial score (nSPS) is 16.1. The second-order valence-electron chi connectivity index (χ2n) is 4.86. The third kappa shape index (κ3) is 9.90. The summed E-state index contributed by atoms with van der Waals surface area (Å²) in [5.74, 6) is -3.93. The summed E-state index contributed by atoms with van der Waals surface area (Å²) in [6.45, 7) is 9.66. The molecule has 10 nitrogen and oxygen atoms in total. The number of hydrogen-bond acceptors (Lipinski definition) is 10. The second kappa shape index (κ2) is 11.4. The van der Waals surface area contributed by atoms with Crippen LogP contribution in [0.3, 0.4) is 0 Å². The first-order chi connectivity index (χ1) is 12.0. The Balaban J connectivity index is 5.19. The van der Waals surface area contributed by atoms with E-state index < -0.39 is 63.3 Å². The van der Waals surface area contributed by atoms with Crippen LogP contribution >= 0.6 is 7.82 Å². The monoisotopic (exact) mass is 392 g/mol. The van der Waals surface area contributed by atoms with Crippen LogP contribution in [0.4, 0.5) is 0 Å². The molecule has 0 amide bonds. The quantitative estimate of drug-likeness (QED) is 0.316. The lowest BCUT2D eigenvalue weighted by atomic mass is 10.2. The second-order valence-corrected chi connectivity index (χ2v) is 6.30. The van der Waals surface area contributed by atoms with Crippen molar-refractivity contribution in [2.45, 2.75) is 37.6 Å². The van der Waals surface area contributed by atoms with Crippen molar-refractivity contribution in [2.24, 2.45) is 0 Å². The number of rotatable bonds is 12. The highest BCUT2D eigenvalue weighted by Gasteiger charge is 2.40. The van der Waals surface area contributed by atoms with Crippen molar-refractivity contribution >= 4 is 25.7 Å². The minimum absolute atomic E-state index is 0.701. The molecule has 0 saturated heterocycles. The molecule has 3 unspecified atom stereocenters. The van der Waals surface area contributed by atoms with Gasteiger partial charge in [0.25, 0.3) is 0 Å². The molecule has 0 rings (SSSR count). The summed E-state index contributed by atoms with van der Waals surface area (Å²) in [5, 5.41) is 27.8. The molecule has 0 spiro atoms. The third-order valence-electron chi connectivity index (χ3n) is 2.58. The number of carbonyl (C=O) groups is 3. The molecule has 146 valence electrons. The maximum Gasteiger partial charge on any atom is 0.653 e. The highest BCUT2D eigenvalue weighted by molar-refractivity contribution is 7.50. The van der Waals surface area contributed by atoms with Crippen LogP contribution in [-0.2, 0) is 32.5 Å². The minimum atomic E-state index is -5.07. The molecule has 11 heteroatoms. The van der Waals surface area contributed by atoms with Crippen LogP contribution in [0, 0.1) is 0 Å².